The zero-order valence-electron chi connectivity index (χ0n) is 12.6. The van der Waals surface area contributed by atoms with Crippen LogP contribution in [0.15, 0.2) is 10.5 Å². The van der Waals surface area contributed by atoms with Gasteiger partial charge in [0.25, 0.3) is 0 Å². The van der Waals surface area contributed by atoms with E-state index < -0.39 is 5.97 Å². The van der Waals surface area contributed by atoms with Gasteiger partial charge in [0.1, 0.15) is 17.1 Å². The fourth-order valence-electron chi connectivity index (χ4n) is 2.80. The van der Waals surface area contributed by atoms with Crippen molar-refractivity contribution < 1.29 is 19.1 Å². The van der Waals surface area contributed by atoms with E-state index in [2.05, 4.69) is 24.5 Å². The monoisotopic (exact) mass is 294 g/mol. The predicted octanol–water partition coefficient (Wildman–Crippen LogP) is 2.52. The Bertz CT molecular complexity index is 538. The number of nitrogens with one attached hydrogen (secondary N) is 2. The summed E-state index contributed by atoms with van der Waals surface area (Å²) in [6, 6.07) is 1.40. The Morgan fingerprint density at radius 3 is 2.62 bits per heavy atom. The number of carbonyl (C=O) groups is 2. The first-order valence-electron chi connectivity index (χ1n) is 7.25. The van der Waals surface area contributed by atoms with Crippen LogP contribution in [-0.4, -0.2) is 23.1 Å². The number of furan rings is 1. The van der Waals surface area contributed by atoms with Gasteiger partial charge in [-0.3, -0.25) is 0 Å². The molecule has 116 valence electrons. The van der Waals surface area contributed by atoms with Crippen molar-refractivity contribution in [3.05, 3.63) is 23.2 Å². The lowest BCUT2D eigenvalue weighted by molar-refractivity contribution is 0.0695. The van der Waals surface area contributed by atoms with Gasteiger partial charge in [0, 0.05) is 6.04 Å². The van der Waals surface area contributed by atoms with E-state index in [1.165, 1.54) is 6.07 Å². The third-order valence-electron chi connectivity index (χ3n) is 4.40. The maximum atomic E-state index is 11.9. The van der Waals surface area contributed by atoms with Crippen molar-refractivity contribution in [2.45, 2.75) is 46.2 Å². The zero-order chi connectivity index (χ0) is 15.6. The molecule has 0 radical (unpaired) electrons. The van der Waals surface area contributed by atoms with Crippen molar-refractivity contribution in [3.63, 3.8) is 0 Å². The van der Waals surface area contributed by atoms with Crippen molar-refractivity contribution in [1.82, 2.24) is 10.6 Å². The summed E-state index contributed by atoms with van der Waals surface area (Å²) >= 11 is 0. The molecule has 2 amide bonds. The van der Waals surface area contributed by atoms with E-state index in [4.69, 9.17) is 9.52 Å². The standard InChI is InChI=1S/C15H22N2O4/c1-8-4-5-13(9(8)2)17-15(20)16-7-11-6-12(14(18)19)10(3)21-11/h6,8-9,13H,4-5,7H2,1-3H3,(H,18,19)(H2,16,17,20). The van der Waals surface area contributed by atoms with Gasteiger partial charge in [0.15, 0.2) is 0 Å². The molecule has 6 nitrogen and oxygen atoms in total. The molecule has 3 N–H and O–H groups in total. The second-order valence-electron chi connectivity index (χ2n) is 5.83. The number of rotatable bonds is 4. The Morgan fingerprint density at radius 1 is 1.38 bits per heavy atom. The maximum absolute atomic E-state index is 11.9. The van der Waals surface area contributed by atoms with E-state index in [0.29, 0.717) is 23.4 Å². The van der Waals surface area contributed by atoms with Crippen LogP contribution in [0.5, 0.6) is 0 Å². The van der Waals surface area contributed by atoms with Crippen LogP contribution < -0.4 is 10.6 Å². The Kier molecular flexibility index (Phi) is 4.55. The van der Waals surface area contributed by atoms with Gasteiger partial charge in [0.2, 0.25) is 0 Å². The third kappa shape index (κ3) is 3.56. The number of amides is 2. The van der Waals surface area contributed by atoms with Crippen LogP contribution in [0.2, 0.25) is 0 Å². The number of aryl methyl sites for hydroxylation is 1. The number of aromatic carboxylic acids is 1. The van der Waals surface area contributed by atoms with E-state index in [-0.39, 0.29) is 24.2 Å². The summed E-state index contributed by atoms with van der Waals surface area (Å²) in [4.78, 5) is 22.8. The predicted molar refractivity (Wildman–Crippen MR) is 77.1 cm³/mol. The van der Waals surface area contributed by atoms with Crippen LogP contribution >= 0.6 is 0 Å². The minimum Gasteiger partial charge on any atom is -0.478 e. The van der Waals surface area contributed by atoms with E-state index in [1.807, 2.05) is 0 Å². The summed E-state index contributed by atoms with van der Waals surface area (Å²) in [5, 5.41) is 14.6. The molecule has 1 heterocycles. The van der Waals surface area contributed by atoms with Gasteiger partial charge in [-0.15, -0.1) is 0 Å². The smallest absolute Gasteiger partial charge is 0.339 e. The van der Waals surface area contributed by atoms with E-state index in [0.717, 1.165) is 12.8 Å². The molecule has 0 saturated heterocycles. The number of hydrogen-bond acceptors (Lipinski definition) is 3. The molecule has 0 spiro atoms. The van der Waals surface area contributed by atoms with Crippen LogP contribution in [0.25, 0.3) is 0 Å². The zero-order valence-corrected chi connectivity index (χ0v) is 12.6. The fourth-order valence-corrected chi connectivity index (χ4v) is 2.80. The number of carbonyl (C=O) groups excluding carboxylic acids is 1. The summed E-state index contributed by atoms with van der Waals surface area (Å²) in [6.07, 6.45) is 2.13. The molecule has 1 fully saturated rings. The first-order chi connectivity index (χ1) is 9.88. The fraction of sp³-hybridized carbons (Fsp3) is 0.600. The van der Waals surface area contributed by atoms with Gasteiger partial charge in [0.05, 0.1) is 6.54 Å². The topological polar surface area (TPSA) is 91.6 Å². The minimum atomic E-state index is -1.03. The first kappa shape index (κ1) is 15.4. The Balaban J connectivity index is 1.84. The molecular formula is C15H22N2O4. The van der Waals surface area contributed by atoms with Gasteiger partial charge in [-0.2, -0.15) is 0 Å². The molecule has 1 aromatic heterocycles. The van der Waals surface area contributed by atoms with Crippen molar-refractivity contribution in [1.29, 1.82) is 0 Å². The van der Waals surface area contributed by atoms with Crippen molar-refractivity contribution in [2.24, 2.45) is 11.8 Å². The largest absolute Gasteiger partial charge is 0.478 e. The van der Waals surface area contributed by atoms with Gasteiger partial charge in [-0.25, -0.2) is 9.59 Å². The van der Waals surface area contributed by atoms with Crippen molar-refractivity contribution in [2.75, 3.05) is 0 Å². The highest BCUT2D eigenvalue weighted by Gasteiger charge is 2.30. The molecule has 1 aliphatic carbocycles. The highest BCUT2D eigenvalue weighted by Crippen LogP contribution is 2.30. The van der Waals surface area contributed by atoms with Crippen LogP contribution in [0, 0.1) is 18.8 Å². The first-order valence-corrected chi connectivity index (χ1v) is 7.25. The Morgan fingerprint density at radius 2 is 2.10 bits per heavy atom. The molecule has 0 aromatic carbocycles. The lowest BCUT2D eigenvalue weighted by Crippen LogP contribution is -2.43. The summed E-state index contributed by atoms with van der Waals surface area (Å²) in [6.45, 7) is 6.12. The quantitative estimate of drug-likeness (QED) is 0.795. The lowest BCUT2D eigenvalue weighted by Gasteiger charge is -2.19. The number of carboxylic acid groups (broad SMARTS) is 1. The average molecular weight is 294 g/mol. The molecule has 2 rings (SSSR count). The van der Waals surface area contributed by atoms with Gasteiger partial charge >= 0.3 is 12.0 Å². The molecule has 3 unspecified atom stereocenters. The van der Waals surface area contributed by atoms with Crippen LogP contribution in [0.3, 0.4) is 0 Å². The minimum absolute atomic E-state index is 0.130. The molecule has 6 heteroatoms. The molecule has 0 aliphatic heterocycles. The van der Waals surface area contributed by atoms with E-state index in [9.17, 15) is 9.59 Å². The van der Waals surface area contributed by atoms with Crippen LogP contribution in [0.4, 0.5) is 4.79 Å². The molecular weight excluding hydrogens is 272 g/mol. The molecule has 1 aliphatic rings. The van der Waals surface area contributed by atoms with E-state index in [1.54, 1.807) is 6.92 Å². The van der Waals surface area contributed by atoms with Crippen LogP contribution in [-0.2, 0) is 6.54 Å². The van der Waals surface area contributed by atoms with Crippen molar-refractivity contribution in [3.8, 4) is 0 Å². The third-order valence-corrected chi connectivity index (χ3v) is 4.40. The SMILES string of the molecule is Cc1oc(CNC(=O)NC2CCC(C)C2C)cc1C(=O)O. The number of carboxylic acids is 1. The second-order valence-corrected chi connectivity index (χ2v) is 5.83. The summed E-state index contributed by atoms with van der Waals surface area (Å²) < 4.78 is 5.31. The van der Waals surface area contributed by atoms with Gasteiger partial charge in [-0.1, -0.05) is 13.8 Å². The number of hydrogen-bond donors (Lipinski definition) is 3. The highest BCUT2D eigenvalue weighted by atomic mass is 16.4. The van der Waals surface area contributed by atoms with Crippen molar-refractivity contribution >= 4 is 12.0 Å². The Hall–Kier alpha value is -1.98. The summed E-state index contributed by atoms with van der Waals surface area (Å²) in [5.41, 5.74) is 0.130. The molecule has 3 atom stereocenters. The molecule has 1 saturated carbocycles. The maximum Gasteiger partial charge on any atom is 0.339 e. The van der Waals surface area contributed by atoms with E-state index >= 15 is 0 Å². The molecule has 0 bridgehead atoms. The van der Waals surface area contributed by atoms with Crippen LogP contribution in [0.1, 0.15) is 48.6 Å². The number of urea groups is 1. The van der Waals surface area contributed by atoms with Gasteiger partial charge in [-0.05, 0) is 37.7 Å². The Labute approximate surface area is 123 Å². The molecule has 1 aromatic rings. The normalized spacial score (nSPS) is 24.8. The van der Waals surface area contributed by atoms with Gasteiger partial charge < -0.3 is 20.2 Å². The highest BCUT2D eigenvalue weighted by molar-refractivity contribution is 5.88. The average Bonchev–Trinajstić information content (AvgIpc) is 2.94. The second kappa shape index (κ2) is 6.20. The summed E-state index contributed by atoms with van der Waals surface area (Å²) in [7, 11) is 0. The lowest BCUT2D eigenvalue weighted by atomic mass is 9.98. The molecule has 21 heavy (non-hydrogen) atoms. The summed E-state index contributed by atoms with van der Waals surface area (Å²) in [5.74, 6) is 0.855.